The van der Waals surface area contributed by atoms with Gasteiger partial charge in [-0.1, -0.05) is 41.4 Å². The van der Waals surface area contributed by atoms with E-state index in [1.807, 2.05) is 36.4 Å². The third-order valence-corrected chi connectivity index (χ3v) is 8.04. The molecule has 4 saturated carbocycles. The second-order valence-electron chi connectivity index (χ2n) is 9.33. The fraction of sp³-hybridized carbons (Fsp3) is 0.520. The molecule has 4 fully saturated rings. The van der Waals surface area contributed by atoms with Crippen LogP contribution in [0.4, 0.5) is 0 Å². The summed E-state index contributed by atoms with van der Waals surface area (Å²) in [5.41, 5.74) is 2.06. The van der Waals surface area contributed by atoms with Crippen LogP contribution in [-0.4, -0.2) is 13.2 Å². The molecular weight excluding hydrogens is 417 g/mol. The Hall–Kier alpha value is -1.42. The number of ether oxygens (including phenoxy) is 2. The molecule has 0 aromatic heterocycles. The lowest BCUT2D eigenvalue weighted by Crippen LogP contribution is -2.54. The molecule has 4 aliphatic rings. The summed E-state index contributed by atoms with van der Waals surface area (Å²) in [6.45, 7) is 1.16. The molecule has 30 heavy (non-hydrogen) atoms. The molecule has 4 aliphatic carbocycles. The quantitative estimate of drug-likeness (QED) is 0.527. The monoisotopic (exact) mass is 445 g/mol. The van der Waals surface area contributed by atoms with Gasteiger partial charge in [-0.25, -0.2) is 0 Å². The standard InChI is InChI=1S/C25H29Cl2NO2/c1-29-23-12-17(11-22(27)25(23)30-14-18-4-2-3-5-21(18)26)13-28-24-19-7-15-6-16(9-19)10-20(24)8-15/h2-5,11-12,15-16,19-20,24,28H,6-10,13-14H2,1H3. The maximum atomic E-state index is 6.60. The van der Waals surface area contributed by atoms with Crippen LogP contribution in [0.3, 0.4) is 0 Å². The molecule has 0 spiro atoms. The second kappa shape index (κ2) is 8.61. The fourth-order valence-electron chi connectivity index (χ4n) is 6.27. The highest BCUT2D eigenvalue weighted by Crippen LogP contribution is 2.53. The van der Waals surface area contributed by atoms with E-state index >= 15 is 0 Å². The van der Waals surface area contributed by atoms with E-state index in [0.717, 1.165) is 41.3 Å². The Morgan fingerprint density at radius 3 is 2.30 bits per heavy atom. The molecule has 0 amide bonds. The Kier molecular flexibility index (Phi) is 5.88. The van der Waals surface area contributed by atoms with Crippen molar-refractivity contribution < 1.29 is 9.47 Å². The number of hydrogen-bond acceptors (Lipinski definition) is 3. The molecule has 0 aliphatic heterocycles. The van der Waals surface area contributed by atoms with Crippen molar-refractivity contribution in [3.63, 3.8) is 0 Å². The zero-order valence-corrected chi connectivity index (χ0v) is 18.9. The van der Waals surface area contributed by atoms with Gasteiger partial charge >= 0.3 is 0 Å². The van der Waals surface area contributed by atoms with Gasteiger partial charge in [-0.2, -0.15) is 0 Å². The van der Waals surface area contributed by atoms with E-state index in [1.165, 1.54) is 32.1 Å². The molecule has 0 unspecified atom stereocenters. The van der Waals surface area contributed by atoms with Crippen LogP contribution < -0.4 is 14.8 Å². The van der Waals surface area contributed by atoms with Gasteiger partial charge in [0.2, 0.25) is 0 Å². The maximum absolute atomic E-state index is 6.60. The van der Waals surface area contributed by atoms with Crippen LogP contribution in [0.2, 0.25) is 10.0 Å². The van der Waals surface area contributed by atoms with Gasteiger partial charge < -0.3 is 14.8 Å². The molecule has 2 aromatic carbocycles. The lowest BCUT2D eigenvalue weighted by molar-refractivity contribution is -0.0142. The first kappa shape index (κ1) is 20.5. The van der Waals surface area contributed by atoms with Crippen molar-refractivity contribution >= 4 is 23.2 Å². The van der Waals surface area contributed by atoms with Crippen LogP contribution in [0.5, 0.6) is 11.5 Å². The minimum absolute atomic E-state index is 0.348. The Morgan fingerprint density at radius 1 is 0.933 bits per heavy atom. The minimum Gasteiger partial charge on any atom is -0.493 e. The average Bonchev–Trinajstić information content (AvgIpc) is 2.72. The highest BCUT2D eigenvalue weighted by Gasteiger charge is 2.47. The maximum Gasteiger partial charge on any atom is 0.180 e. The first-order valence-electron chi connectivity index (χ1n) is 11.1. The van der Waals surface area contributed by atoms with Crippen molar-refractivity contribution in [2.75, 3.05) is 7.11 Å². The average molecular weight is 446 g/mol. The lowest BCUT2D eigenvalue weighted by Gasteiger charge is -2.54. The largest absolute Gasteiger partial charge is 0.493 e. The van der Waals surface area contributed by atoms with Gasteiger partial charge in [-0.15, -0.1) is 0 Å². The van der Waals surface area contributed by atoms with Crippen LogP contribution in [0, 0.1) is 23.7 Å². The van der Waals surface area contributed by atoms with Crippen molar-refractivity contribution in [3.05, 3.63) is 57.6 Å². The predicted octanol–water partition coefficient (Wildman–Crippen LogP) is 6.50. The third-order valence-electron chi connectivity index (χ3n) is 7.39. The van der Waals surface area contributed by atoms with Crippen LogP contribution in [-0.2, 0) is 13.2 Å². The Bertz CT molecular complexity index is 888. The molecule has 0 saturated heterocycles. The van der Waals surface area contributed by atoms with Gasteiger partial charge in [0.05, 0.1) is 12.1 Å². The van der Waals surface area contributed by atoms with E-state index in [1.54, 1.807) is 7.11 Å². The van der Waals surface area contributed by atoms with Gasteiger partial charge in [0.1, 0.15) is 6.61 Å². The van der Waals surface area contributed by atoms with Gasteiger partial charge in [0, 0.05) is 23.2 Å². The number of nitrogens with one attached hydrogen (secondary N) is 1. The van der Waals surface area contributed by atoms with Crippen molar-refractivity contribution in [3.8, 4) is 11.5 Å². The first-order chi connectivity index (χ1) is 14.6. The molecule has 2 aromatic rings. The minimum atomic E-state index is 0.348. The van der Waals surface area contributed by atoms with Gasteiger partial charge in [0.15, 0.2) is 11.5 Å². The smallest absolute Gasteiger partial charge is 0.180 e. The number of rotatable bonds is 7. The summed E-state index contributed by atoms with van der Waals surface area (Å²) in [7, 11) is 1.66. The topological polar surface area (TPSA) is 30.5 Å². The van der Waals surface area contributed by atoms with Crippen LogP contribution in [0.15, 0.2) is 36.4 Å². The predicted molar refractivity (Wildman–Crippen MR) is 121 cm³/mol. The van der Waals surface area contributed by atoms with E-state index in [2.05, 4.69) is 5.32 Å². The third kappa shape index (κ3) is 4.04. The molecular formula is C25H29Cl2NO2. The molecule has 5 heteroatoms. The fourth-order valence-corrected chi connectivity index (χ4v) is 6.75. The highest BCUT2D eigenvalue weighted by atomic mass is 35.5. The van der Waals surface area contributed by atoms with Crippen LogP contribution in [0.25, 0.3) is 0 Å². The molecule has 6 rings (SSSR count). The molecule has 1 N–H and O–H groups in total. The summed E-state index contributed by atoms with van der Waals surface area (Å²) in [6, 6.07) is 12.3. The molecule has 4 bridgehead atoms. The van der Waals surface area contributed by atoms with Crippen molar-refractivity contribution in [1.82, 2.24) is 5.32 Å². The van der Waals surface area contributed by atoms with Gasteiger partial charge in [-0.3, -0.25) is 0 Å². The lowest BCUT2D eigenvalue weighted by atomic mass is 9.54. The number of hydrogen-bond donors (Lipinski definition) is 1. The summed E-state index contributed by atoms with van der Waals surface area (Å²) in [5, 5.41) is 5.13. The summed E-state index contributed by atoms with van der Waals surface area (Å²) in [6.07, 6.45) is 7.17. The molecule has 160 valence electrons. The van der Waals surface area contributed by atoms with E-state index in [-0.39, 0.29) is 0 Å². The summed E-state index contributed by atoms with van der Waals surface area (Å²) >= 11 is 12.8. The van der Waals surface area contributed by atoms with Gasteiger partial charge in [-0.05, 0) is 79.5 Å². The van der Waals surface area contributed by atoms with Crippen LogP contribution in [0.1, 0.15) is 43.2 Å². The normalized spacial score (nSPS) is 29.2. The summed E-state index contributed by atoms with van der Waals surface area (Å²) < 4.78 is 11.6. The number of methoxy groups -OCH3 is 1. The summed E-state index contributed by atoms with van der Waals surface area (Å²) in [5.74, 6) is 4.94. The molecule has 0 heterocycles. The van der Waals surface area contributed by atoms with E-state index in [9.17, 15) is 0 Å². The Morgan fingerprint density at radius 2 is 1.63 bits per heavy atom. The first-order valence-corrected chi connectivity index (χ1v) is 11.8. The van der Waals surface area contributed by atoms with Gasteiger partial charge in [0.25, 0.3) is 0 Å². The Balaban J connectivity index is 1.26. The van der Waals surface area contributed by atoms with Crippen molar-refractivity contribution in [1.29, 1.82) is 0 Å². The SMILES string of the molecule is COc1cc(CNC2C3CC4CC(C3)CC2C4)cc(Cl)c1OCc1ccccc1Cl. The zero-order valence-electron chi connectivity index (χ0n) is 17.4. The molecule has 0 atom stereocenters. The molecule has 3 nitrogen and oxygen atoms in total. The zero-order chi connectivity index (χ0) is 20.7. The Labute approximate surface area is 189 Å². The highest BCUT2D eigenvalue weighted by molar-refractivity contribution is 6.32. The van der Waals surface area contributed by atoms with E-state index < -0.39 is 0 Å². The van der Waals surface area contributed by atoms with Crippen LogP contribution >= 0.6 is 23.2 Å². The van der Waals surface area contributed by atoms with Crippen molar-refractivity contribution in [2.24, 2.45) is 23.7 Å². The number of halogens is 2. The van der Waals surface area contributed by atoms with Crippen molar-refractivity contribution in [2.45, 2.75) is 51.3 Å². The van der Waals surface area contributed by atoms with E-state index in [0.29, 0.717) is 34.2 Å². The summed E-state index contributed by atoms with van der Waals surface area (Å²) in [4.78, 5) is 0. The number of benzene rings is 2. The molecule has 0 radical (unpaired) electrons. The second-order valence-corrected chi connectivity index (χ2v) is 10.1. The van der Waals surface area contributed by atoms with E-state index in [4.69, 9.17) is 32.7 Å².